The second kappa shape index (κ2) is 5.40. The third-order valence-corrected chi connectivity index (χ3v) is 4.05. The molecule has 0 aromatic heterocycles. The van der Waals surface area contributed by atoms with Crippen molar-refractivity contribution in [2.45, 2.75) is 19.4 Å². The molecule has 0 unspecified atom stereocenters. The Labute approximate surface area is 126 Å². The predicted molar refractivity (Wildman–Crippen MR) is 76.8 cm³/mol. The summed E-state index contributed by atoms with van der Waals surface area (Å²) in [5.41, 5.74) is 0.928. The van der Waals surface area contributed by atoms with Crippen LogP contribution in [-0.4, -0.2) is 42.8 Å². The van der Waals surface area contributed by atoms with E-state index in [0.29, 0.717) is 18.7 Å². The highest BCUT2D eigenvalue weighted by Crippen LogP contribution is 2.31. The Bertz CT molecular complexity index is 674. The minimum absolute atomic E-state index is 0.0630. The standard InChI is InChI=1S/C15H16FN3O3/c1-17-13(20)8-18-7-11-10(15(18)22)5-9(6-12(11)16)19-4-2-3-14(19)21/h5-6H,2-4,7-8H2,1H3,(H,17,20). The van der Waals surface area contributed by atoms with E-state index in [1.54, 1.807) is 6.07 Å². The average Bonchev–Trinajstić information content (AvgIpc) is 3.05. The third-order valence-electron chi connectivity index (χ3n) is 4.05. The average molecular weight is 305 g/mol. The molecule has 3 amide bonds. The van der Waals surface area contributed by atoms with Crippen molar-refractivity contribution in [3.63, 3.8) is 0 Å². The van der Waals surface area contributed by atoms with Crippen LogP contribution in [0.5, 0.6) is 0 Å². The fourth-order valence-corrected chi connectivity index (χ4v) is 2.86. The largest absolute Gasteiger partial charge is 0.358 e. The van der Waals surface area contributed by atoms with Crippen molar-refractivity contribution in [2.24, 2.45) is 0 Å². The maximum atomic E-state index is 14.3. The summed E-state index contributed by atoms with van der Waals surface area (Å²) in [5.74, 6) is -1.27. The van der Waals surface area contributed by atoms with Crippen molar-refractivity contribution < 1.29 is 18.8 Å². The molecular formula is C15H16FN3O3. The second-order valence-corrected chi connectivity index (χ2v) is 5.44. The van der Waals surface area contributed by atoms with Crippen molar-refractivity contribution in [3.05, 3.63) is 29.1 Å². The molecule has 116 valence electrons. The van der Waals surface area contributed by atoms with Gasteiger partial charge in [0.25, 0.3) is 5.91 Å². The number of amides is 3. The molecule has 0 saturated carbocycles. The monoisotopic (exact) mass is 305 g/mol. The van der Waals surface area contributed by atoms with Gasteiger partial charge in [-0.2, -0.15) is 0 Å². The minimum atomic E-state index is -0.514. The molecule has 1 aromatic rings. The lowest BCUT2D eigenvalue weighted by Crippen LogP contribution is -2.35. The molecule has 0 atom stereocenters. The summed E-state index contributed by atoms with van der Waals surface area (Å²) < 4.78 is 14.3. The SMILES string of the molecule is CNC(=O)CN1Cc2c(F)cc(N3CCCC3=O)cc2C1=O. The number of carbonyl (C=O) groups excluding carboxylic acids is 3. The van der Waals surface area contributed by atoms with E-state index in [-0.39, 0.29) is 41.9 Å². The van der Waals surface area contributed by atoms with Gasteiger partial charge in [0.1, 0.15) is 12.4 Å². The van der Waals surface area contributed by atoms with Crippen molar-refractivity contribution in [1.29, 1.82) is 0 Å². The number of likely N-dealkylation sites (N-methyl/N-ethyl adjacent to an activating group) is 1. The first kappa shape index (κ1) is 14.5. The molecule has 6 nitrogen and oxygen atoms in total. The van der Waals surface area contributed by atoms with Gasteiger partial charge in [-0.25, -0.2) is 4.39 Å². The van der Waals surface area contributed by atoms with E-state index in [1.165, 1.54) is 22.9 Å². The highest BCUT2D eigenvalue weighted by molar-refractivity contribution is 6.02. The number of carbonyl (C=O) groups is 3. The number of rotatable bonds is 3. The molecule has 2 heterocycles. The molecule has 1 aromatic carbocycles. The lowest BCUT2D eigenvalue weighted by molar-refractivity contribution is -0.121. The van der Waals surface area contributed by atoms with E-state index in [4.69, 9.17) is 0 Å². The van der Waals surface area contributed by atoms with Gasteiger partial charge in [-0.05, 0) is 18.6 Å². The first-order valence-corrected chi connectivity index (χ1v) is 7.14. The quantitative estimate of drug-likeness (QED) is 0.891. The van der Waals surface area contributed by atoms with Gasteiger partial charge < -0.3 is 15.1 Å². The van der Waals surface area contributed by atoms with Crippen LogP contribution in [0.2, 0.25) is 0 Å². The number of anilines is 1. The summed E-state index contributed by atoms with van der Waals surface area (Å²) in [6.07, 6.45) is 1.17. The maximum Gasteiger partial charge on any atom is 0.255 e. The van der Waals surface area contributed by atoms with Gasteiger partial charge in [0.2, 0.25) is 11.8 Å². The summed E-state index contributed by atoms with van der Waals surface area (Å²) >= 11 is 0. The molecule has 1 fully saturated rings. The van der Waals surface area contributed by atoms with Crippen LogP contribution in [0.4, 0.5) is 10.1 Å². The highest BCUT2D eigenvalue weighted by Gasteiger charge is 2.33. The van der Waals surface area contributed by atoms with Crippen LogP contribution in [0.25, 0.3) is 0 Å². The van der Waals surface area contributed by atoms with Crippen molar-refractivity contribution in [2.75, 3.05) is 25.0 Å². The molecule has 22 heavy (non-hydrogen) atoms. The number of nitrogens with one attached hydrogen (secondary N) is 1. The van der Waals surface area contributed by atoms with Gasteiger partial charge in [0.05, 0.1) is 6.54 Å². The molecule has 0 radical (unpaired) electrons. The maximum absolute atomic E-state index is 14.3. The summed E-state index contributed by atoms with van der Waals surface area (Å²) in [7, 11) is 1.48. The lowest BCUT2D eigenvalue weighted by Gasteiger charge is -2.16. The Kier molecular flexibility index (Phi) is 3.56. The Morgan fingerprint density at radius 2 is 2.14 bits per heavy atom. The molecule has 7 heteroatoms. The molecule has 2 aliphatic heterocycles. The van der Waals surface area contributed by atoms with Gasteiger partial charge >= 0.3 is 0 Å². The fourth-order valence-electron chi connectivity index (χ4n) is 2.86. The number of hydrogen-bond acceptors (Lipinski definition) is 3. The number of halogens is 1. The smallest absolute Gasteiger partial charge is 0.255 e. The molecule has 1 saturated heterocycles. The zero-order chi connectivity index (χ0) is 15.9. The Balaban J connectivity index is 1.91. The van der Waals surface area contributed by atoms with Crippen LogP contribution >= 0.6 is 0 Å². The van der Waals surface area contributed by atoms with Crippen LogP contribution in [0.15, 0.2) is 12.1 Å². The van der Waals surface area contributed by atoms with Gasteiger partial charge in [0.15, 0.2) is 0 Å². The Morgan fingerprint density at radius 3 is 2.77 bits per heavy atom. The normalized spacial score (nSPS) is 17.2. The predicted octanol–water partition coefficient (Wildman–Crippen LogP) is 0.654. The van der Waals surface area contributed by atoms with Crippen LogP contribution in [0.3, 0.4) is 0 Å². The molecular weight excluding hydrogens is 289 g/mol. The van der Waals surface area contributed by atoms with Gasteiger partial charge in [0, 0.05) is 36.8 Å². The molecule has 0 spiro atoms. The fraction of sp³-hybridized carbons (Fsp3) is 0.400. The first-order valence-electron chi connectivity index (χ1n) is 7.14. The van der Waals surface area contributed by atoms with Crippen LogP contribution in [0.1, 0.15) is 28.8 Å². The lowest BCUT2D eigenvalue weighted by atomic mass is 10.1. The van der Waals surface area contributed by atoms with Crippen molar-refractivity contribution in [3.8, 4) is 0 Å². The summed E-state index contributed by atoms with van der Waals surface area (Å²) in [4.78, 5) is 38.3. The summed E-state index contributed by atoms with van der Waals surface area (Å²) in [6, 6.07) is 2.84. The van der Waals surface area contributed by atoms with E-state index >= 15 is 0 Å². The zero-order valence-corrected chi connectivity index (χ0v) is 12.2. The van der Waals surface area contributed by atoms with Crippen molar-refractivity contribution >= 4 is 23.4 Å². The first-order chi connectivity index (χ1) is 10.5. The number of fused-ring (bicyclic) bond motifs is 1. The summed E-state index contributed by atoms with van der Waals surface area (Å²) in [5, 5.41) is 2.44. The van der Waals surface area contributed by atoms with Crippen LogP contribution < -0.4 is 10.2 Å². The van der Waals surface area contributed by atoms with Crippen molar-refractivity contribution in [1.82, 2.24) is 10.2 Å². The molecule has 2 aliphatic rings. The number of benzene rings is 1. The number of hydrogen-bond donors (Lipinski definition) is 1. The van der Waals surface area contributed by atoms with E-state index in [1.807, 2.05) is 0 Å². The zero-order valence-electron chi connectivity index (χ0n) is 12.2. The summed E-state index contributed by atoms with van der Waals surface area (Å²) in [6.45, 7) is 0.496. The van der Waals surface area contributed by atoms with E-state index < -0.39 is 5.82 Å². The van der Waals surface area contributed by atoms with E-state index in [0.717, 1.165) is 6.42 Å². The number of nitrogens with zero attached hydrogens (tertiary/aromatic N) is 2. The third kappa shape index (κ3) is 2.32. The molecule has 0 bridgehead atoms. The topological polar surface area (TPSA) is 69.7 Å². The van der Waals surface area contributed by atoms with E-state index in [9.17, 15) is 18.8 Å². The second-order valence-electron chi connectivity index (χ2n) is 5.44. The van der Waals surface area contributed by atoms with Gasteiger partial charge in [-0.3, -0.25) is 14.4 Å². The molecule has 1 N–H and O–H groups in total. The Hall–Kier alpha value is -2.44. The van der Waals surface area contributed by atoms with Gasteiger partial charge in [-0.1, -0.05) is 0 Å². The molecule has 3 rings (SSSR count). The highest BCUT2D eigenvalue weighted by atomic mass is 19.1. The van der Waals surface area contributed by atoms with Crippen LogP contribution in [-0.2, 0) is 16.1 Å². The molecule has 0 aliphatic carbocycles. The van der Waals surface area contributed by atoms with Gasteiger partial charge in [-0.15, -0.1) is 0 Å². The minimum Gasteiger partial charge on any atom is -0.358 e. The van der Waals surface area contributed by atoms with Crippen LogP contribution in [0, 0.1) is 5.82 Å². The Morgan fingerprint density at radius 1 is 1.36 bits per heavy atom. The van der Waals surface area contributed by atoms with E-state index in [2.05, 4.69) is 5.32 Å².